The van der Waals surface area contributed by atoms with Crippen LogP contribution < -0.4 is 0 Å². The van der Waals surface area contributed by atoms with Gasteiger partial charge in [0, 0.05) is 51.3 Å². The van der Waals surface area contributed by atoms with Crippen LogP contribution in [0.25, 0.3) is 6.08 Å². The zero-order valence-electron chi connectivity index (χ0n) is 15.4. The van der Waals surface area contributed by atoms with Crippen molar-refractivity contribution in [2.75, 3.05) is 52.4 Å². The SMILES string of the molecule is O=C1C/C(=C\c2ccccc2)C(O)=C1N=NCCN1CCN(CCO)CC1. The van der Waals surface area contributed by atoms with Crippen molar-refractivity contribution < 1.29 is 15.0 Å². The van der Waals surface area contributed by atoms with E-state index in [0.29, 0.717) is 12.1 Å². The molecule has 7 nitrogen and oxygen atoms in total. The van der Waals surface area contributed by atoms with Crippen LogP contribution in [0.15, 0.2) is 57.6 Å². The molecule has 0 atom stereocenters. The average Bonchev–Trinajstić information content (AvgIpc) is 2.94. The molecule has 0 spiro atoms. The fraction of sp³-hybridized carbons (Fsp3) is 0.450. The number of hydrogen-bond acceptors (Lipinski definition) is 7. The van der Waals surface area contributed by atoms with Crippen molar-refractivity contribution in [1.29, 1.82) is 0 Å². The van der Waals surface area contributed by atoms with Crippen molar-refractivity contribution in [2.45, 2.75) is 6.42 Å². The van der Waals surface area contributed by atoms with Gasteiger partial charge in [-0.15, -0.1) is 5.11 Å². The number of benzene rings is 1. The molecule has 1 aliphatic heterocycles. The molecule has 0 unspecified atom stereocenters. The highest BCUT2D eigenvalue weighted by atomic mass is 16.3. The van der Waals surface area contributed by atoms with Gasteiger partial charge in [0.1, 0.15) is 5.76 Å². The Labute approximate surface area is 159 Å². The lowest BCUT2D eigenvalue weighted by Gasteiger charge is -2.33. The van der Waals surface area contributed by atoms with Gasteiger partial charge in [-0.2, -0.15) is 5.11 Å². The molecule has 1 saturated heterocycles. The minimum Gasteiger partial charge on any atom is -0.505 e. The number of carbonyl (C=O) groups excluding carboxylic acids is 1. The van der Waals surface area contributed by atoms with Gasteiger partial charge in [0.15, 0.2) is 11.5 Å². The summed E-state index contributed by atoms with van der Waals surface area (Å²) in [5, 5.41) is 27.4. The van der Waals surface area contributed by atoms with Crippen molar-refractivity contribution >= 4 is 11.9 Å². The molecule has 1 aromatic rings. The second-order valence-corrected chi connectivity index (χ2v) is 6.75. The molecule has 1 fully saturated rings. The van der Waals surface area contributed by atoms with Gasteiger partial charge in [-0.3, -0.25) is 14.6 Å². The van der Waals surface area contributed by atoms with Gasteiger partial charge in [0.25, 0.3) is 0 Å². The summed E-state index contributed by atoms with van der Waals surface area (Å²) in [6.07, 6.45) is 1.96. The van der Waals surface area contributed by atoms with Gasteiger partial charge in [-0.05, 0) is 11.6 Å². The Morgan fingerprint density at radius 1 is 1.04 bits per heavy atom. The highest BCUT2D eigenvalue weighted by molar-refractivity contribution is 6.02. The summed E-state index contributed by atoms with van der Waals surface area (Å²) in [5.41, 5.74) is 1.58. The molecule has 7 heteroatoms. The summed E-state index contributed by atoms with van der Waals surface area (Å²) in [7, 11) is 0. The number of Topliss-reactive ketones (excluding diaryl/α,β-unsaturated/α-hetero) is 1. The quantitative estimate of drug-likeness (QED) is 0.716. The van der Waals surface area contributed by atoms with Gasteiger partial charge in [0.2, 0.25) is 0 Å². The first kappa shape index (κ1) is 19.4. The zero-order chi connectivity index (χ0) is 19.1. The summed E-state index contributed by atoms with van der Waals surface area (Å²) in [6, 6.07) is 9.58. The van der Waals surface area contributed by atoms with E-state index in [2.05, 4.69) is 20.0 Å². The summed E-state index contributed by atoms with van der Waals surface area (Å²) in [5.74, 6) is -0.263. The minimum absolute atomic E-state index is 0.0601. The molecule has 2 aliphatic rings. The van der Waals surface area contributed by atoms with E-state index in [-0.39, 0.29) is 30.3 Å². The number of aliphatic hydroxyl groups excluding tert-OH is 2. The predicted octanol–water partition coefficient (Wildman–Crippen LogP) is 1.87. The summed E-state index contributed by atoms with van der Waals surface area (Å²) >= 11 is 0. The number of aliphatic hydroxyl groups is 2. The lowest BCUT2D eigenvalue weighted by Crippen LogP contribution is -2.47. The third-order valence-electron chi connectivity index (χ3n) is 4.85. The minimum atomic E-state index is -0.198. The first-order valence-electron chi connectivity index (χ1n) is 9.33. The molecule has 1 heterocycles. The molecule has 2 N–H and O–H groups in total. The second-order valence-electron chi connectivity index (χ2n) is 6.75. The maximum atomic E-state index is 12.1. The number of allylic oxidation sites excluding steroid dienone is 2. The van der Waals surface area contributed by atoms with E-state index in [9.17, 15) is 9.90 Å². The standard InChI is InChI=1S/C20H26N4O3/c25-13-12-24-10-8-23(9-11-24)7-6-21-22-19-18(26)15-17(20(19)27)14-16-4-2-1-3-5-16/h1-5,14,25,27H,6-13,15H2/b17-14+,22-21?. The molecule has 3 rings (SSSR count). The highest BCUT2D eigenvalue weighted by Crippen LogP contribution is 2.29. The van der Waals surface area contributed by atoms with Gasteiger partial charge in [-0.25, -0.2) is 0 Å². The zero-order valence-corrected chi connectivity index (χ0v) is 15.4. The third kappa shape index (κ3) is 5.32. The van der Waals surface area contributed by atoms with Crippen molar-refractivity contribution in [2.24, 2.45) is 10.2 Å². The van der Waals surface area contributed by atoms with E-state index in [1.807, 2.05) is 36.4 Å². The van der Waals surface area contributed by atoms with Crippen LogP contribution in [0.4, 0.5) is 0 Å². The average molecular weight is 370 g/mol. The van der Waals surface area contributed by atoms with Crippen molar-refractivity contribution in [1.82, 2.24) is 9.80 Å². The highest BCUT2D eigenvalue weighted by Gasteiger charge is 2.27. The van der Waals surface area contributed by atoms with Gasteiger partial charge >= 0.3 is 0 Å². The van der Waals surface area contributed by atoms with Crippen LogP contribution in [-0.4, -0.2) is 78.2 Å². The van der Waals surface area contributed by atoms with Crippen LogP contribution in [0.3, 0.4) is 0 Å². The van der Waals surface area contributed by atoms with Crippen LogP contribution in [0, 0.1) is 0 Å². The molecule has 0 bridgehead atoms. The Balaban J connectivity index is 1.52. The number of piperazine rings is 1. The van der Waals surface area contributed by atoms with Gasteiger partial charge < -0.3 is 10.2 Å². The van der Waals surface area contributed by atoms with Gasteiger partial charge in [-0.1, -0.05) is 30.3 Å². The van der Waals surface area contributed by atoms with E-state index in [1.54, 1.807) is 0 Å². The first-order valence-corrected chi connectivity index (χ1v) is 9.33. The molecule has 0 radical (unpaired) electrons. The second kappa shape index (κ2) is 9.55. The molecule has 0 amide bonds. The number of β-amino-alcohol motifs (C(OH)–C–C–N with tert-alkyl or cyclic N) is 1. The van der Waals surface area contributed by atoms with E-state index in [1.165, 1.54) is 0 Å². The number of carbonyl (C=O) groups is 1. The number of ketones is 1. The molecule has 0 aromatic heterocycles. The Kier molecular flexibility index (Phi) is 6.86. The lowest BCUT2D eigenvalue weighted by atomic mass is 10.1. The number of hydrogen-bond donors (Lipinski definition) is 2. The van der Waals surface area contributed by atoms with Crippen LogP contribution in [-0.2, 0) is 4.79 Å². The molecule has 27 heavy (non-hydrogen) atoms. The van der Waals surface area contributed by atoms with Crippen molar-refractivity contribution in [3.05, 3.63) is 52.9 Å². The topological polar surface area (TPSA) is 88.7 Å². The third-order valence-corrected chi connectivity index (χ3v) is 4.85. The van der Waals surface area contributed by atoms with Crippen molar-refractivity contribution in [3.63, 3.8) is 0 Å². The summed E-state index contributed by atoms with van der Waals surface area (Å²) < 4.78 is 0. The first-order chi connectivity index (χ1) is 13.2. The van der Waals surface area contributed by atoms with Crippen LogP contribution in [0.2, 0.25) is 0 Å². The maximum absolute atomic E-state index is 12.1. The molecule has 0 saturated carbocycles. The monoisotopic (exact) mass is 370 g/mol. The predicted molar refractivity (Wildman–Crippen MR) is 103 cm³/mol. The van der Waals surface area contributed by atoms with E-state index < -0.39 is 0 Å². The van der Waals surface area contributed by atoms with Crippen LogP contribution >= 0.6 is 0 Å². The molecule has 1 aliphatic carbocycles. The van der Waals surface area contributed by atoms with Crippen LogP contribution in [0.5, 0.6) is 0 Å². The fourth-order valence-corrected chi connectivity index (χ4v) is 3.28. The number of nitrogens with zero attached hydrogens (tertiary/aromatic N) is 4. The Morgan fingerprint density at radius 2 is 1.70 bits per heavy atom. The number of rotatable bonds is 7. The molecular weight excluding hydrogens is 344 g/mol. The summed E-state index contributed by atoms with van der Waals surface area (Å²) in [6.45, 7) is 5.93. The summed E-state index contributed by atoms with van der Waals surface area (Å²) in [4.78, 5) is 16.7. The van der Waals surface area contributed by atoms with E-state index in [0.717, 1.165) is 44.8 Å². The number of azo groups is 1. The van der Waals surface area contributed by atoms with Gasteiger partial charge in [0.05, 0.1) is 13.2 Å². The van der Waals surface area contributed by atoms with Crippen LogP contribution in [0.1, 0.15) is 12.0 Å². The maximum Gasteiger partial charge on any atom is 0.191 e. The lowest BCUT2D eigenvalue weighted by molar-refractivity contribution is -0.114. The van der Waals surface area contributed by atoms with E-state index >= 15 is 0 Å². The smallest absolute Gasteiger partial charge is 0.191 e. The largest absolute Gasteiger partial charge is 0.505 e. The Hall–Kier alpha value is -2.35. The van der Waals surface area contributed by atoms with E-state index in [4.69, 9.17) is 5.11 Å². The molecule has 1 aromatic carbocycles. The molecule has 144 valence electrons. The Morgan fingerprint density at radius 3 is 2.37 bits per heavy atom. The fourth-order valence-electron chi connectivity index (χ4n) is 3.28. The van der Waals surface area contributed by atoms with Crippen molar-refractivity contribution in [3.8, 4) is 0 Å². The normalized spacial score (nSPS) is 21.1. The molecular formula is C20H26N4O3. The Bertz CT molecular complexity index is 735.